The summed E-state index contributed by atoms with van der Waals surface area (Å²) in [5.41, 5.74) is 1.80. The number of nitrogens with one attached hydrogen (secondary N) is 2. The molecule has 0 bridgehead atoms. The van der Waals surface area contributed by atoms with Crippen molar-refractivity contribution in [2.24, 2.45) is 0 Å². The quantitative estimate of drug-likeness (QED) is 0.759. The summed E-state index contributed by atoms with van der Waals surface area (Å²) in [5, 5.41) is 3.37. The summed E-state index contributed by atoms with van der Waals surface area (Å²) in [6.45, 7) is 2.04. The molecule has 1 aliphatic heterocycles. The summed E-state index contributed by atoms with van der Waals surface area (Å²) in [7, 11) is 1.74. The second-order valence-corrected chi connectivity index (χ2v) is 6.35. The van der Waals surface area contributed by atoms with Crippen LogP contribution in [-0.4, -0.2) is 41.3 Å². The molecule has 1 aliphatic rings. The summed E-state index contributed by atoms with van der Waals surface area (Å²) in [5.74, 6) is -0.289. The van der Waals surface area contributed by atoms with Crippen LogP contribution in [0.25, 0.3) is 0 Å². The lowest BCUT2D eigenvalue weighted by atomic mass is 9.92. The Hall–Kier alpha value is -3.13. The number of likely N-dealkylation sites (N-methyl/N-ethyl adjacent to an activating group) is 1. The van der Waals surface area contributed by atoms with Gasteiger partial charge in [-0.15, -0.1) is 0 Å². The van der Waals surface area contributed by atoms with Crippen molar-refractivity contribution >= 4 is 17.8 Å². The van der Waals surface area contributed by atoms with Crippen molar-refractivity contribution in [1.29, 1.82) is 0 Å². The number of amides is 4. The van der Waals surface area contributed by atoms with Gasteiger partial charge in [-0.25, -0.2) is 4.79 Å². The molecule has 2 heterocycles. The molecule has 1 fully saturated rings. The Morgan fingerprint density at radius 3 is 2.62 bits per heavy atom. The van der Waals surface area contributed by atoms with Gasteiger partial charge in [0, 0.05) is 0 Å². The van der Waals surface area contributed by atoms with Gasteiger partial charge in [-0.1, -0.05) is 30.3 Å². The number of imide groups is 1. The van der Waals surface area contributed by atoms with Gasteiger partial charge < -0.3 is 9.73 Å². The molecule has 0 radical (unpaired) electrons. The zero-order valence-corrected chi connectivity index (χ0v) is 14.6. The summed E-state index contributed by atoms with van der Waals surface area (Å²) in [4.78, 5) is 38.8. The van der Waals surface area contributed by atoms with Gasteiger partial charge in [0.25, 0.3) is 11.8 Å². The number of urea groups is 1. The Kier molecular flexibility index (Phi) is 4.77. The largest absolute Gasteiger partial charge is 0.468 e. The minimum absolute atomic E-state index is 0.000187. The topological polar surface area (TPSA) is 94.9 Å². The van der Waals surface area contributed by atoms with Crippen LogP contribution in [0.2, 0.25) is 0 Å². The zero-order valence-electron chi connectivity index (χ0n) is 14.6. The first kappa shape index (κ1) is 17.7. The highest BCUT2D eigenvalue weighted by Crippen LogP contribution is 2.27. The Bertz CT molecular complexity index is 806. The van der Waals surface area contributed by atoms with E-state index in [0.29, 0.717) is 17.9 Å². The molecule has 3 rings (SSSR count). The van der Waals surface area contributed by atoms with Crippen LogP contribution in [0.5, 0.6) is 0 Å². The Morgan fingerprint density at radius 2 is 1.96 bits per heavy atom. The molecule has 0 saturated carbocycles. The van der Waals surface area contributed by atoms with E-state index in [2.05, 4.69) is 10.7 Å². The van der Waals surface area contributed by atoms with Gasteiger partial charge in [-0.2, -0.15) is 5.01 Å². The third-order valence-corrected chi connectivity index (χ3v) is 4.20. The number of benzene rings is 1. The molecule has 1 saturated heterocycles. The smallest absolute Gasteiger partial charge is 0.344 e. The first-order chi connectivity index (χ1) is 12.4. The highest BCUT2D eigenvalue weighted by atomic mass is 16.3. The lowest BCUT2D eigenvalue weighted by Gasteiger charge is -2.22. The van der Waals surface area contributed by atoms with E-state index in [1.807, 2.05) is 6.07 Å². The molecule has 8 nitrogen and oxygen atoms in total. The van der Waals surface area contributed by atoms with Crippen molar-refractivity contribution in [1.82, 2.24) is 20.7 Å². The van der Waals surface area contributed by atoms with Crippen LogP contribution in [0.4, 0.5) is 4.79 Å². The number of hydrogen-bond acceptors (Lipinski definition) is 5. The molecule has 2 N–H and O–H groups in total. The molecule has 136 valence electrons. The molecular formula is C18H20N4O4. The minimum atomic E-state index is -1.22. The van der Waals surface area contributed by atoms with Gasteiger partial charge in [0.15, 0.2) is 0 Å². The SMILES string of the molecule is CN(CC(=O)NN1C(=O)N[C@@](C)(c2ccccc2)C1=O)Cc1ccco1. The number of hydrogen-bond donors (Lipinski definition) is 2. The van der Waals surface area contributed by atoms with Crippen molar-refractivity contribution in [3.63, 3.8) is 0 Å². The van der Waals surface area contributed by atoms with E-state index in [4.69, 9.17) is 4.42 Å². The normalized spacial score (nSPS) is 19.7. The lowest BCUT2D eigenvalue weighted by molar-refractivity contribution is -0.139. The van der Waals surface area contributed by atoms with Crippen LogP contribution in [0.15, 0.2) is 53.1 Å². The average Bonchev–Trinajstić information content (AvgIpc) is 3.18. The third-order valence-electron chi connectivity index (χ3n) is 4.20. The van der Waals surface area contributed by atoms with E-state index in [1.165, 1.54) is 0 Å². The van der Waals surface area contributed by atoms with E-state index >= 15 is 0 Å². The summed E-state index contributed by atoms with van der Waals surface area (Å²) in [6, 6.07) is 11.8. The molecule has 0 spiro atoms. The maximum atomic E-state index is 12.7. The van der Waals surface area contributed by atoms with Gasteiger partial charge in [-0.3, -0.25) is 19.9 Å². The summed E-state index contributed by atoms with van der Waals surface area (Å²) >= 11 is 0. The molecule has 26 heavy (non-hydrogen) atoms. The maximum absolute atomic E-state index is 12.7. The molecule has 4 amide bonds. The van der Waals surface area contributed by atoms with Crippen molar-refractivity contribution in [3.8, 4) is 0 Å². The van der Waals surface area contributed by atoms with E-state index in [0.717, 1.165) is 5.01 Å². The maximum Gasteiger partial charge on any atom is 0.344 e. The molecule has 8 heteroatoms. The van der Waals surface area contributed by atoms with E-state index < -0.39 is 23.4 Å². The van der Waals surface area contributed by atoms with Crippen LogP contribution in [0, 0.1) is 0 Å². The fraction of sp³-hybridized carbons (Fsp3) is 0.278. The van der Waals surface area contributed by atoms with Crippen molar-refractivity contribution in [2.45, 2.75) is 19.0 Å². The van der Waals surface area contributed by atoms with E-state index in [1.54, 1.807) is 61.5 Å². The van der Waals surface area contributed by atoms with Crippen molar-refractivity contribution in [2.75, 3.05) is 13.6 Å². The average molecular weight is 356 g/mol. The van der Waals surface area contributed by atoms with Gasteiger partial charge in [0.1, 0.15) is 11.3 Å². The van der Waals surface area contributed by atoms with E-state index in [-0.39, 0.29) is 6.54 Å². The number of rotatable bonds is 6. The molecule has 0 aliphatic carbocycles. The van der Waals surface area contributed by atoms with Crippen LogP contribution in [0.3, 0.4) is 0 Å². The summed E-state index contributed by atoms with van der Waals surface area (Å²) in [6.07, 6.45) is 1.56. The molecule has 1 atom stereocenters. The van der Waals surface area contributed by atoms with Crippen LogP contribution < -0.4 is 10.7 Å². The number of carbonyl (C=O) groups excluding carboxylic acids is 3. The summed E-state index contributed by atoms with van der Waals surface area (Å²) < 4.78 is 5.23. The predicted octanol–water partition coefficient (Wildman–Crippen LogP) is 1.21. The number of carbonyl (C=O) groups is 3. The zero-order chi connectivity index (χ0) is 18.7. The molecule has 1 aromatic heterocycles. The molecular weight excluding hydrogens is 336 g/mol. The monoisotopic (exact) mass is 356 g/mol. The standard InChI is InChI=1S/C18H20N4O4/c1-18(13-7-4-3-5-8-13)16(24)22(17(25)19-18)20-15(23)12-21(2)11-14-9-6-10-26-14/h3-10H,11-12H2,1-2H3,(H,19,25)(H,20,23)/t18-/m0/s1. The second-order valence-electron chi connectivity index (χ2n) is 6.35. The van der Waals surface area contributed by atoms with Gasteiger partial charge in [0.2, 0.25) is 0 Å². The highest BCUT2D eigenvalue weighted by Gasteiger charge is 2.49. The Morgan fingerprint density at radius 1 is 1.23 bits per heavy atom. The number of hydrazine groups is 1. The predicted molar refractivity (Wildman–Crippen MR) is 92.4 cm³/mol. The fourth-order valence-corrected chi connectivity index (χ4v) is 2.84. The number of nitrogens with zero attached hydrogens (tertiary/aromatic N) is 2. The Balaban J connectivity index is 1.63. The van der Waals surface area contributed by atoms with Gasteiger partial charge in [0.05, 0.1) is 19.4 Å². The third kappa shape index (κ3) is 3.45. The van der Waals surface area contributed by atoms with Crippen LogP contribution in [0.1, 0.15) is 18.2 Å². The second kappa shape index (κ2) is 7.01. The first-order valence-electron chi connectivity index (χ1n) is 8.13. The fourth-order valence-electron chi connectivity index (χ4n) is 2.84. The van der Waals surface area contributed by atoms with E-state index in [9.17, 15) is 14.4 Å². The minimum Gasteiger partial charge on any atom is -0.468 e. The van der Waals surface area contributed by atoms with Crippen molar-refractivity contribution in [3.05, 3.63) is 60.1 Å². The lowest BCUT2D eigenvalue weighted by Crippen LogP contribution is -2.50. The van der Waals surface area contributed by atoms with Crippen molar-refractivity contribution < 1.29 is 18.8 Å². The first-order valence-corrected chi connectivity index (χ1v) is 8.13. The highest BCUT2D eigenvalue weighted by molar-refractivity contribution is 6.08. The molecule has 2 aromatic rings. The van der Waals surface area contributed by atoms with Crippen LogP contribution >= 0.6 is 0 Å². The van der Waals surface area contributed by atoms with Crippen LogP contribution in [-0.2, 0) is 21.7 Å². The molecule has 1 aromatic carbocycles. The number of furan rings is 1. The Labute approximate surface area is 150 Å². The van der Waals surface area contributed by atoms with Gasteiger partial charge in [-0.05, 0) is 31.7 Å². The van der Waals surface area contributed by atoms with Gasteiger partial charge >= 0.3 is 6.03 Å². The molecule has 0 unspecified atom stereocenters.